The average Bonchev–Trinajstić information content (AvgIpc) is 3.95. The Kier molecular flexibility index (Phi) is 11.2. The molecule has 1 aliphatic heterocycles. The van der Waals surface area contributed by atoms with Gasteiger partial charge >= 0.3 is 0 Å². The molecule has 10 aromatic rings. The van der Waals surface area contributed by atoms with E-state index in [9.17, 15) is 0 Å². The van der Waals surface area contributed by atoms with Crippen molar-refractivity contribution < 1.29 is 4.74 Å². The molecule has 2 aliphatic rings. The van der Waals surface area contributed by atoms with Gasteiger partial charge in [-0.2, -0.15) is 0 Å². The standard InChI is InChI=1S/C68H64N4O/c1-65(2,3)51-41-52(70-46-71(61-34-20-19-33-60(61)70)64-55(47-23-11-8-12-24-47)30-21-31-56(64)48-25-13-9-14-26-48)44-54(42-51)73-53-35-36-58-57-29-17-18-32-59(57)72(62(58)45-53)63-43-50(37-40-69-63)68(49-27-15-10-16-28-49)66(4,5)38-22-39-67(68,6)7/h8-21,23-37,40-45H,22,38-39,46H2,1-7H3. The highest BCUT2D eigenvalue weighted by atomic mass is 16.5. The van der Waals surface area contributed by atoms with Crippen molar-refractivity contribution in [3.05, 3.63) is 229 Å². The van der Waals surface area contributed by atoms with Crippen LogP contribution in [0.15, 0.2) is 212 Å². The van der Waals surface area contributed by atoms with Gasteiger partial charge in [-0.3, -0.25) is 4.57 Å². The molecule has 0 radical (unpaired) electrons. The molecular weight excluding hydrogens is 889 g/mol. The largest absolute Gasteiger partial charge is 0.457 e. The zero-order valence-corrected chi connectivity index (χ0v) is 43.2. The molecule has 362 valence electrons. The van der Waals surface area contributed by atoms with E-state index in [-0.39, 0.29) is 21.7 Å². The van der Waals surface area contributed by atoms with Crippen molar-refractivity contribution in [1.29, 1.82) is 0 Å². The number of fused-ring (bicyclic) bond motifs is 4. The molecule has 3 heterocycles. The molecule has 1 aliphatic carbocycles. The van der Waals surface area contributed by atoms with Gasteiger partial charge in [0.15, 0.2) is 0 Å². The predicted molar refractivity (Wildman–Crippen MR) is 305 cm³/mol. The monoisotopic (exact) mass is 953 g/mol. The van der Waals surface area contributed by atoms with Gasteiger partial charge in [-0.05, 0) is 112 Å². The lowest BCUT2D eigenvalue weighted by Crippen LogP contribution is -2.56. The molecule has 2 aromatic heterocycles. The fourth-order valence-corrected chi connectivity index (χ4v) is 13.2. The number of hydrogen-bond donors (Lipinski definition) is 0. The molecule has 12 rings (SSSR count). The minimum atomic E-state index is -0.248. The van der Waals surface area contributed by atoms with Gasteiger partial charge in [0, 0.05) is 51.3 Å². The quantitative estimate of drug-likeness (QED) is 0.144. The van der Waals surface area contributed by atoms with Crippen molar-refractivity contribution in [2.24, 2.45) is 10.8 Å². The van der Waals surface area contributed by atoms with E-state index in [1.807, 2.05) is 6.20 Å². The third-order valence-electron chi connectivity index (χ3n) is 16.4. The van der Waals surface area contributed by atoms with Gasteiger partial charge in [0.1, 0.15) is 24.0 Å². The summed E-state index contributed by atoms with van der Waals surface area (Å²) in [4.78, 5) is 10.2. The molecule has 5 heteroatoms. The van der Waals surface area contributed by atoms with Crippen molar-refractivity contribution in [1.82, 2.24) is 9.55 Å². The van der Waals surface area contributed by atoms with Crippen LogP contribution in [0, 0.1) is 10.8 Å². The molecule has 1 fully saturated rings. The summed E-state index contributed by atoms with van der Waals surface area (Å²) in [5, 5.41) is 2.35. The number of anilines is 4. The first-order valence-corrected chi connectivity index (χ1v) is 26.1. The van der Waals surface area contributed by atoms with Gasteiger partial charge < -0.3 is 14.5 Å². The molecule has 0 spiro atoms. The van der Waals surface area contributed by atoms with Crippen molar-refractivity contribution >= 4 is 44.6 Å². The second-order valence-corrected chi connectivity index (χ2v) is 22.7. The maximum atomic E-state index is 7.14. The summed E-state index contributed by atoms with van der Waals surface area (Å²) in [6.07, 6.45) is 5.55. The van der Waals surface area contributed by atoms with Gasteiger partial charge in [-0.15, -0.1) is 0 Å². The predicted octanol–water partition coefficient (Wildman–Crippen LogP) is 18.4. The van der Waals surface area contributed by atoms with Crippen LogP contribution in [0.2, 0.25) is 0 Å². The minimum absolute atomic E-state index is 0.00973. The summed E-state index contributed by atoms with van der Waals surface area (Å²) in [7, 11) is 0. The van der Waals surface area contributed by atoms with Crippen LogP contribution in [-0.2, 0) is 10.8 Å². The molecule has 0 amide bonds. The van der Waals surface area contributed by atoms with Gasteiger partial charge in [0.2, 0.25) is 0 Å². The number of aromatic nitrogens is 2. The summed E-state index contributed by atoms with van der Waals surface area (Å²) in [5.41, 5.74) is 15.0. The molecule has 1 saturated carbocycles. The van der Waals surface area contributed by atoms with Crippen LogP contribution >= 0.6 is 0 Å². The van der Waals surface area contributed by atoms with Gasteiger partial charge in [-0.25, -0.2) is 4.98 Å². The summed E-state index contributed by atoms with van der Waals surface area (Å²) in [5.74, 6) is 2.47. The fourth-order valence-electron chi connectivity index (χ4n) is 13.2. The molecule has 0 N–H and O–H groups in total. The first kappa shape index (κ1) is 46.2. The summed E-state index contributed by atoms with van der Waals surface area (Å²) < 4.78 is 9.49. The Morgan fingerprint density at radius 1 is 0.493 bits per heavy atom. The lowest BCUT2D eigenvalue weighted by atomic mass is 9.43. The highest BCUT2D eigenvalue weighted by Crippen LogP contribution is 2.64. The molecule has 0 bridgehead atoms. The lowest BCUT2D eigenvalue weighted by Gasteiger charge is -2.60. The zero-order valence-electron chi connectivity index (χ0n) is 43.2. The topological polar surface area (TPSA) is 33.5 Å². The summed E-state index contributed by atoms with van der Waals surface area (Å²) in [6, 6.07) is 75.1. The van der Waals surface area contributed by atoms with E-state index in [1.165, 1.54) is 56.4 Å². The van der Waals surface area contributed by atoms with E-state index >= 15 is 0 Å². The number of benzene rings is 8. The Bertz CT molecular complexity index is 3590. The average molecular weight is 953 g/mol. The Balaban J connectivity index is 0.969. The number of ether oxygens (including phenoxy) is 1. The number of para-hydroxylation sites is 4. The van der Waals surface area contributed by atoms with Crippen LogP contribution in [0.25, 0.3) is 49.9 Å². The summed E-state index contributed by atoms with van der Waals surface area (Å²) >= 11 is 0. The number of hydrogen-bond acceptors (Lipinski definition) is 4. The van der Waals surface area contributed by atoms with Crippen LogP contribution < -0.4 is 14.5 Å². The van der Waals surface area contributed by atoms with Crippen molar-refractivity contribution in [3.8, 4) is 39.6 Å². The number of pyridine rings is 1. The molecule has 0 saturated heterocycles. The van der Waals surface area contributed by atoms with Crippen LogP contribution in [0.5, 0.6) is 11.5 Å². The second-order valence-electron chi connectivity index (χ2n) is 22.7. The SMILES string of the molecule is CC(C)(C)c1cc(Oc2ccc3c4ccccc4n(-c4cc(C5(c6ccccc6)C(C)(C)CCCC5(C)C)ccn4)c3c2)cc(N2CN(c3c(-c4ccccc4)cccc3-c3ccccc3)c3ccccc32)c1. The Labute approximate surface area is 431 Å². The van der Waals surface area contributed by atoms with Gasteiger partial charge in [0.05, 0.1) is 28.1 Å². The zero-order chi connectivity index (χ0) is 50.1. The van der Waals surface area contributed by atoms with E-state index in [0.29, 0.717) is 6.67 Å². The molecule has 5 nitrogen and oxygen atoms in total. The fraction of sp³-hybridized carbons (Fsp3) is 0.221. The molecule has 0 unspecified atom stereocenters. The third-order valence-corrected chi connectivity index (χ3v) is 16.4. The maximum Gasteiger partial charge on any atom is 0.137 e. The van der Waals surface area contributed by atoms with E-state index < -0.39 is 0 Å². The first-order valence-electron chi connectivity index (χ1n) is 26.1. The number of nitrogens with zero attached hydrogens (tertiary/aromatic N) is 4. The smallest absolute Gasteiger partial charge is 0.137 e. The normalized spacial score (nSPS) is 15.9. The lowest BCUT2D eigenvalue weighted by molar-refractivity contribution is 0.00547. The molecule has 0 atom stereocenters. The molecule has 73 heavy (non-hydrogen) atoms. The van der Waals surface area contributed by atoms with Gasteiger partial charge in [-0.1, -0.05) is 194 Å². The molecular formula is C68H64N4O. The summed E-state index contributed by atoms with van der Waals surface area (Å²) in [6.45, 7) is 17.4. The highest BCUT2D eigenvalue weighted by Gasteiger charge is 2.58. The van der Waals surface area contributed by atoms with Crippen LogP contribution in [0.4, 0.5) is 22.7 Å². The van der Waals surface area contributed by atoms with E-state index in [4.69, 9.17) is 9.72 Å². The van der Waals surface area contributed by atoms with Gasteiger partial charge in [0.25, 0.3) is 0 Å². The van der Waals surface area contributed by atoms with Crippen molar-refractivity contribution in [2.75, 3.05) is 16.5 Å². The molecule has 8 aromatic carbocycles. The second kappa shape index (κ2) is 17.7. The van der Waals surface area contributed by atoms with Crippen molar-refractivity contribution in [3.63, 3.8) is 0 Å². The highest BCUT2D eigenvalue weighted by molar-refractivity contribution is 6.09. The third kappa shape index (κ3) is 7.71. The van der Waals surface area contributed by atoms with Crippen molar-refractivity contribution in [2.45, 2.75) is 78.6 Å². The van der Waals surface area contributed by atoms with Crippen LogP contribution in [0.3, 0.4) is 0 Å². The maximum absolute atomic E-state index is 7.14. The van der Waals surface area contributed by atoms with E-state index in [0.717, 1.165) is 63.6 Å². The number of rotatable bonds is 9. The first-order chi connectivity index (χ1) is 35.3. The minimum Gasteiger partial charge on any atom is -0.457 e. The Hall–Kier alpha value is -7.89. The van der Waals surface area contributed by atoms with E-state index in [1.54, 1.807) is 0 Å². The van der Waals surface area contributed by atoms with Crippen LogP contribution in [0.1, 0.15) is 84.4 Å². The Morgan fingerprint density at radius 3 is 1.74 bits per heavy atom. The van der Waals surface area contributed by atoms with E-state index in [2.05, 4.69) is 269 Å². The Morgan fingerprint density at radius 2 is 1.08 bits per heavy atom. The van der Waals surface area contributed by atoms with Crippen LogP contribution in [-0.4, -0.2) is 16.2 Å².